The van der Waals surface area contributed by atoms with Crippen molar-refractivity contribution in [1.82, 2.24) is 5.32 Å². The normalized spacial score (nSPS) is 15.1. The summed E-state index contributed by atoms with van der Waals surface area (Å²) in [5.41, 5.74) is 0.0278. The second kappa shape index (κ2) is 11.7. The lowest BCUT2D eigenvalue weighted by atomic mass is 10.0. The number of hydrogen-bond donors (Lipinski definition) is 1. The van der Waals surface area contributed by atoms with Gasteiger partial charge >= 0.3 is 12.3 Å². The largest absolute Gasteiger partial charge is 0.444 e. The molecule has 2 atom stereocenters. The van der Waals surface area contributed by atoms with Crippen molar-refractivity contribution in [2.24, 2.45) is 5.92 Å². The molecule has 190 valence electrons. The van der Waals surface area contributed by atoms with E-state index in [0.717, 1.165) is 5.56 Å². The predicted octanol–water partition coefficient (Wildman–Crippen LogP) is 6.69. The number of alkyl carbamates (subject to hydrolysis) is 1. The zero-order valence-electron chi connectivity index (χ0n) is 21.1. The minimum absolute atomic E-state index is 0.0268. The van der Waals surface area contributed by atoms with Gasteiger partial charge in [-0.2, -0.15) is 13.2 Å². The summed E-state index contributed by atoms with van der Waals surface area (Å²) in [6, 6.07) is 8.15. The third-order valence-corrected chi connectivity index (χ3v) is 10.1. The van der Waals surface area contributed by atoms with Gasteiger partial charge in [-0.05, 0) is 50.9 Å². The van der Waals surface area contributed by atoms with E-state index in [1.165, 1.54) is 0 Å². The molecule has 0 unspecified atom stereocenters. The molecule has 1 aromatic rings. The summed E-state index contributed by atoms with van der Waals surface area (Å²) in [7, 11) is -2.24. The van der Waals surface area contributed by atoms with Crippen LogP contribution in [0, 0.1) is 5.92 Å². The van der Waals surface area contributed by atoms with Crippen LogP contribution in [-0.4, -0.2) is 45.4 Å². The van der Waals surface area contributed by atoms with Crippen molar-refractivity contribution in [3.05, 3.63) is 35.9 Å². The first-order chi connectivity index (χ1) is 14.9. The van der Waals surface area contributed by atoms with Gasteiger partial charge in [0.15, 0.2) is 8.32 Å². The Hall–Kier alpha value is -1.58. The lowest BCUT2D eigenvalue weighted by Crippen LogP contribution is -2.48. The average Bonchev–Trinajstić information content (AvgIpc) is 2.62. The molecule has 0 heterocycles. The number of halogens is 3. The third kappa shape index (κ3) is 11.4. The van der Waals surface area contributed by atoms with E-state index in [9.17, 15) is 18.0 Å². The van der Waals surface area contributed by atoms with Crippen LogP contribution in [0.2, 0.25) is 18.1 Å². The molecule has 0 aliphatic heterocycles. The number of amides is 1. The smallest absolute Gasteiger partial charge is 0.407 e. The molecule has 0 saturated carbocycles. The lowest BCUT2D eigenvalue weighted by molar-refractivity contribution is -0.193. The minimum atomic E-state index is -4.48. The minimum Gasteiger partial charge on any atom is -0.444 e. The van der Waals surface area contributed by atoms with Gasteiger partial charge in [0.25, 0.3) is 0 Å². The Kier molecular flexibility index (Phi) is 10.4. The summed E-state index contributed by atoms with van der Waals surface area (Å²) < 4.78 is 58.3. The first-order valence-corrected chi connectivity index (χ1v) is 14.1. The van der Waals surface area contributed by atoms with Crippen LogP contribution in [0.25, 0.3) is 0 Å². The number of carbonyl (C=O) groups is 1. The number of hydrogen-bond acceptors (Lipinski definition) is 4. The molecule has 1 N–H and O–H groups in total. The fourth-order valence-corrected chi connectivity index (χ4v) is 3.75. The molecule has 0 bridgehead atoms. The van der Waals surface area contributed by atoms with Gasteiger partial charge in [-0.15, -0.1) is 0 Å². The van der Waals surface area contributed by atoms with E-state index in [4.69, 9.17) is 13.9 Å². The van der Waals surface area contributed by atoms with E-state index in [-0.39, 0.29) is 24.7 Å². The van der Waals surface area contributed by atoms with Gasteiger partial charge in [-0.25, -0.2) is 4.79 Å². The van der Waals surface area contributed by atoms with Crippen molar-refractivity contribution in [2.45, 2.75) is 90.5 Å². The van der Waals surface area contributed by atoms with Crippen LogP contribution >= 0.6 is 0 Å². The maximum absolute atomic E-state index is 13.8. The number of carbonyl (C=O) groups excluding carboxylic acids is 1. The van der Waals surface area contributed by atoms with E-state index >= 15 is 0 Å². The standard InChI is InChI=1S/C24H40F3NO4Si/c1-22(2,3)32-21(29)28-20(17-31-33(7,8)23(4,5)6)14-19(24(25,26)27)16-30-15-18-12-10-9-11-13-18/h9-13,19-20H,14-17H2,1-8H3,(H,28,29)/t19-,20-/m1/s1. The molecule has 5 nitrogen and oxygen atoms in total. The van der Waals surface area contributed by atoms with Gasteiger partial charge in [0.05, 0.1) is 31.8 Å². The first kappa shape index (κ1) is 29.4. The number of alkyl halides is 3. The zero-order valence-corrected chi connectivity index (χ0v) is 22.1. The molecule has 0 radical (unpaired) electrons. The van der Waals surface area contributed by atoms with Crippen LogP contribution in [0.15, 0.2) is 30.3 Å². The van der Waals surface area contributed by atoms with Gasteiger partial charge < -0.3 is 19.2 Å². The molecule has 0 fully saturated rings. The van der Waals surface area contributed by atoms with Crippen molar-refractivity contribution in [2.75, 3.05) is 13.2 Å². The summed E-state index contributed by atoms with van der Waals surface area (Å²) in [5, 5.41) is 2.47. The van der Waals surface area contributed by atoms with Crippen molar-refractivity contribution < 1.29 is 31.9 Å². The summed E-state index contributed by atoms with van der Waals surface area (Å²) in [6.07, 6.45) is -5.62. The number of rotatable bonds is 10. The molecule has 1 rings (SSSR count). The fourth-order valence-electron chi connectivity index (χ4n) is 2.70. The molecule has 9 heteroatoms. The fraction of sp³-hybridized carbons (Fsp3) is 0.708. The third-order valence-electron chi connectivity index (χ3n) is 5.63. The van der Waals surface area contributed by atoms with E-state index in [0.29, 0.717) is 0 Å². The maximum atomic E-state index is 13.8. The highest BCUT2D eigenvalue weighted by Crippen LogP contribution is 2.37. The average molecular weight is 492 g/mol. The van der Waals surface area contributed by atoms with E-state index in [1.54, 1.807) is 45.0 Å². The van der Waals surface area contributed by atoms with E-state index in [1.807, 2.05) is 39.9 Å². The Morgan fingerprint density at radius 3 is 2.06 bits per heavy atom. The van der Waals surface area contributed by atoms with Crippen molar-refractivity contribution in [3.63, 3.8) is 0 Å². The highest BCUT2D eigenvalue weighted by Gasteiger charge is 2.43. The molecule has 0 saturated heterocycles. The monoisotopic (exact) mass is 491 g/mol. The summed E-state index contributed by atoms with van der Waals surface area (Å²) in [4.78, 5) is 12.3. The Labute approximate surface area is 197 Å². The second-order valence-electron chi connectivity index (χ2n) is 10.9. The van der Waals surface area contributed by atoms with Crippen molar-refractivity contribution in [1.29, 1.82) is 0 Å². The Bertz CT molecular complexity index is 728. The number of nitrogens with one attached hydrogen (secondary N) is 1. The van der Waals surface area contributed by atoms with Crippen LogP contribution in [0.4, 0.5) is 18.0 Å². The molecule has 0 aliphatic rings. The number of ether oxygens (including phenoxy) is 2. The molecule has 1 amide bonds. The van der Waals surface area contributed by atoms with Gasteiger partial charge in [-0.3, -0.25) is 0 Å². The van der Waals surface area contributed by atoms with Crippen molar-refractivity contribution in [3.8, 4) is 0 Å². The zero-order chi connectivity index (χ0) is 25.5. The molecule has 0 aromatic heterocycles. The van der Waals surface area contributed by atoms with Crippen molar-refractivity contribution >= 4 is 14.4 Å². The Balaban J connectivity index is 2.92. The van der Waals surface area contributed by atoms with Gasteiger partial charge in [-0.1, -0.05) is 51.1 Å². The summed E-state index contributed by atoms with van der Waals surface area (Å²) in [6.45, 7) is 14.8. The van der Waals surface area contributed by atoms with Crippen LogP contribution in [0.3, 0.4) is 0 Å². The van der Waals surface area contributed by atoms with Gasteiger partial charge in [0.1, 0.15) is 5.60 Å². The van der Waals surface area contributed by atoms with Gasteiger partial charge in [0, 0.05) is 0 Å². The van der Waals surface area contributed by atoms with Crippen LogP contribution < -0.4 is 5.32 Å². The molecule has 0 spiro atoms. The summed E-state index contributed by atoms with van der Waals surface area (Å²) in [5.74, 6) is -1.76. The second-order valence-corrected chi connectivity index (χ2v) is 15.7. The topological polar surface area (TPSA) is 56.8 Å². The quantitative estimate of drug-likeness (QED) is 0.371. The highest BCUT2D eigenvalue weighted by atomic mass is 28.4. The first-order valence-electron chi connectivity index (χ1n) is 11.2. The SMILES string of the molecule is CC(C)(C)OC(=O)N[C@@H](CO[Si](C)(C)C(C)(C)C)C[C@H](COCc1ccccc1)C(F)(F)F. The highest BCUT2D eigenvalue weighted by molar-refractivity contribution is 6.74. The van der Waals surface area contributed by atoms with Crippen LogP contribution in [-0.2, 0) is 20.5 Å². The maximum Gasteiger partial charge on any atom is 0.407 e. The molecular formula is C24H40F3NO4Si. The predicted molar refractivity (Wildman–Crippen MR) is 127 cm³/mol. The number of benzene rings is 1. The molecule has 0 aliphatic carbocycles. The Morgan fingerprint density at radius 1 is 1.00 bits per heavy atom. The van der Waals surface area contributed by atoms with Gasteiger partial charge in [0.2, 0.25) is 0 Å². The van der Waals surface area contributed by atoms with Crippen LogP contribution in [0.5, 0.6) is 0 Å². The van der Waals surface area contributed by atoms with E-state index < -0.39 is 44.8 Å². The van der Waals surface area contributed by atoms with Crippen LogP contribution in [0.1, 0.15) is 53.5 Å². The molecular weight excluding hydrogens is 451 g/mol. The lowest BCUT2D eigenvalue weighted by Gasteiger charge is -2.38. The molecule has 1 aromatic carbocycles. The Morgan fingerprint density at radius 2 is 1.58 bits per heavy atom. The van der Waals surface area contributed by atoms with E-state index in [2.05, 4.69) is 5.32 Å². The molecule has 33 heavy (non-hydrogen) atoms. The summed E-state index contributed by atoms with van der Waals surface area (Å²) >= 11 is 0.